The molecule has 0 fully saturated rings. The molecule has 0 saturated heterocycles. The number of aromatic nitrogens is 2. The zero-order valence-electron chi connectivity index (χ0n) is 52.8. The Kier molecular flexibility index (Phi) is 12.4. The van der Waals surface area contributed by atoms with Gasteiger partial charge in [0.2, 0.25) is 0 Å². The number of rotatable bonds is 12. The lowest BCUT2D eigenvalue weighted by molar-refractivity contribution is 0.487. The lowest BCUT2D eigenvalue weighted by atomic mass is 9.31. The van der Waals surface area contributed by atoms with E-state index in [1.54, 1.807) is 0 Å². The molecule has 4 aliphatic heterocycles. The lowest BCUT2D eigenvalue weighted by Gasteiger charge is -2.42. The maximum atomic E-state index is 7.83. The molecule has 0 saturated carbocycles. The number of hydrogen-bond donors (Lipinski definition) is 0. The van der Waals surface area contributed by atoms with Gasteiger partial charge in [0.15, 0.2) is 0 Å². The Bertz CT molecular complexity index is 4870. The van der Waals surface area contributed by atoms with E-state index < -0.39 is 0 Å². The summed E-state index contributed by atoms with van der Waals surface area (Å²) in [5.41, 5.74) is 36.1. The van der Waals surface area contributed by atoms with E-state index in [0.717, 1.165) is 49.3 Å². The fraction of sp³-hybridized carbons (Fsp3) is 0.259. The van der Waals surface area contributed by atoms with Crippen LogP contribution in [0, 0.1) is 34.6 Å². The third-order valence-corrected chi connectivity index (χ3v) is 20.5. The molecule has 0 aliphatic carbocycles. The molecule has 12 aromatic rings. The van der Waals surface area contributed by atoms with Gasteiger partial charge in [-0.2, -0.15) is 0 Å². The normalized spacial score (nSPS) is 13.4. The Hall–Kier alpha value is -8.47. The van der Waals surface area contributed by atoms with Gasteiger partial charge in [0.1, 0.15) is 11.5 Å². The van der Waals surface area contributed by atoms with Crippen LogP contribution in [0.5, 0.6) is 11.5 Å². The number of aryl methyl sites for hydroxylation is 8. The maximum absolute atomic E-state index is 7.83. The highest BCUT2D eigenvalue weighted by atomic mass is 16.5. The van der Waals surface area contributed by atoms with Crippen molar-refractivity contribution in [1.82, 2.24) is 9.13 Å². The van der Waals surface area contributed by atoms with Gasteiger partial charge >= 0.3 is 0 Å². The molecule has 6 heteroatoms. The quantitative estimate of drug-likeness (QED) is 0.114. The van der Waals surface area contributed by atoms with Crippen molar-refractivity contribution >= 4 is 107 Å². The number of hydrogen-bond acceptors (Lipinski definition) is 2. The van der Waals surface area contributed by atoms with Crippen molar-refractivity contribution in [2.75, 3.05) is 4.90 Å². The summed E-state index contributed by atoms with van der Waals surface area (Å²) in [5.74, 6) is 1.87. The van der Waals surface area contributed by atoms with Crippen molar-refractivity contribution in [2.24, 2.45) is 0 Å². The van der Waals surface area contributed by atoms with E-state index in [1.807, 2.05) is 0 Å². The molecule has 0 bridgehead atoms. The average Bonchev–Trinajstić information content (AvgIpc) is 1.69. The fourth-order valence-electron chi connectivity index (χ4n) is 16.4. The van der Waals surface area contributed by atoms with Crippen LogP contribution in [0.15, 0.2) is 158 Å². The van der Waals surface area contributed by atoms with E-state index in [2.05, 4.69) is 248 Å². The second kappa shape index (κ2) is 20.0. The molecule has 0 unspecified atom stereocenters. The summed E-state index contributed by atoms with van der Waals surface area (Å²) in [4.78, 5) is 2.62. The van der Waals surface area contributed by atoms with Crippen molar-refractivity contribution in [1.29, 1.82) is 0 Å². The van der Waals surface area contributed by atoms with Crippen molar-refractivity contribution in [2.45, 2.75) is 139 Å². The third-order valence-electron chi connectivity index (χ3n) is 20.5. The maximum Gasteiger partial charge on any atom is 0.256 e. The second-order valence-corrected chi connectivity index (χ2v) is 27.4. The summed E-state index contributed by atoms with van der Waals surface area (Å²) in [6.45, 7) is 25.2. The highest BCUT2D eigenvalue weighted by Gasteiger charge is 2.47. The first kappa shape index (κ1) is 54.0. The van der Waals surface area contributed by atoms with Gasteiger partial charge in [-0.05, 0) is 251 Å². The molecule has 428 valence electrons. The van der Waals surface area contributed by atoms with E-state index >= 15 is 0 Å². The smallest absolute Gasteiger partial charge is 0.256 e. The molecule has 0 N–H and O–H groups in total. The van der Waals surface area contributed by atoms with E-state index in [4.69, 9.17) is 4.74 Å². The van der Waals surface area contributed by atoms with E-state index in [0.29, 0.717) is 0 Å². The van der Waals surface area contributed by atoms with Gasteiger partial charge in [-0.1, -0.05) is 145 Å². The highest BCUT2D eigenvalue weighted by molar-refractivity contribution is 7.02. The van der Waals surface area contributed by atoms with E-state index in [1.165, 1.54) is 197 Å². The summed E-state index contributed by atoms with van der Waals surface area (Å²) in [6, 6.07) is 63.1. The van der Waals surface area contributed by atoms with Crippen LogP contribution in [-0.4, -0.2) is 22.6 Å². The number of nitrogens with zero attached hydrogens (tertiary/aromatic N) is 3. The van der Waals surface area contributed by atoms with Gasteiger partial charge in [-0.15, -0.1) is 0 Å². The first-order chi connectivity index (χ1) is 42.2. The monoisotopic (exact) mass is 1130 g/mol. The SMILES string of the molecule is CCCCc1ccc2c(c1)c1cc(CCCC)cc3c1n2-c1cc(-c2c(C)cccc2C)cc2c1B3c1cc3c(cc1O2)N(c1ccc(C(C)(C)C)cc1)c1cc(-c2c(C)cccc2C)cc2c1B3c1cc(C)cc3c4cc(CCCC)ccc4n-2c13. The standard InChI is InChI=1S/C81H77B2N3O/c1-12-15-24-52-27-33-67-59(37-52)61-35-47(4)36-65-79(61)85(67)71-42-55(75-48(5)20-18-21-49(75)6)41-70-77(71)82(65)63-45-64-73(46-69(63)84(70)58-31-29-57(30-32-58)81(9,10)11)87-74-44-56(76-50(7)22-19-23-51(76)8)43-72-78(74)83(64)66-40-54(26-17-14-3)39-62-60-38-53(25-16-13-2)28-34-68(60)86(72)80(62)66/h18-23,27-46H,12-17,24-26H2,1-11H3. The number of anilines is 3. The lowest BCUT2D eigenvalue weighted by Crippen LogP contribution is -2.63. The molecule has 4 nitrogen and oxygen atoms in total. The van der Waals surface area contributed by atoms with Gasteiger partial charge in [-0.25, -0.2) is 0 Å². The van der Waals surface area contributed by atoms with Crippen LogP contribution >= 0.6 is 0 Å². The minimum absolute atomic E-state index is 0.0130. The van der Waals surface area contributed by atoms with Crippen LogP contribution in [0.4, 0.5) is 17.1 Å². The molecule has 0 radical (unpaired) electrons. The van der Waals surface area contributed by atoms with Crippen molar-refractivity contribution < 1.29 is 4.74 Å². The van der Waals surface area contributed by atoms with Crippen LogP contribution in [0.1, 0.15) is 130 Å². The first-order valence-corrected chi connectivity index (χ1v) is 32.6. The molecular formula is C81H77B2N3O. The molecule has 6 heterocycles. The van der Waals surface area contributed by atoms with Crippen LogP contribution in [0.2, 0.25) is 0 Å². The molecule has 2 aromatic heterocycles. The number of benzene rings is 10. The Balaban J connectivity index is 1.04. The van der Waals surface area contributed by atoms with Gasteiger partial charge < -0.3 is 18.8 Å². The van der Waals surface area contributed by atoms with Crippen molar-refractivity contribution in [3.63, 3.8) is 0 Å². The van der Waals surface area contributed by atoms with Gasteiger partial charge in [0.05, 0.1) is 11.0 Å². The van der Waals surface area contributed by atoms with E-state index in [-0.39, 0.29) is 18.8 Å². The number of unbranched alkanes of at least 4 members (excludes halogenated alkanes) is 3. The van der Waals surface area contributed by atoms with Crippen LogP contribution in [0.25, 0.3) is 77.2 Å². The molecular weight excluding hydrogens is 1050 g/mol. The number of ether oxygens (including phenoxy) is 1. The van der Waals surface area contributed by atoms with Crippen LogP contribution in [0.3, 0.4) is 0 Å². The summed E-state index contributed by atoms with van der Waals surface area (Å²) in [5, 5.41) is 5.40. The Morgan fingerprint density at radius 2 is 0.920 bits per heavy atom. The van der Waals surface area contributed by atoms with E-state index in [9.17, 15) is 0 Å². The summed E-state index contributed by atoms with van der Waals surface area (Å²) >= 11 is 0. The molecule has 16 rings (SSSR count). The van der Waals surface area contributed by atoms with Gasteiger partial charge in [0, 0.05) is 67.1 Å². The zero-order valence-corrected chi connectivity index (χ0v) is 52.8. The minimum atomic E-state index is -0.0857. The zero-order chi connectivity index (χ0) is 59.5. The summed E-state index contributed by atoms with van der Waals surface area (Å²) in [7, 11) is 0. The minimum Gasteiger partial charge on any atom is -0.458 e. The molecule has 4 aliphatic rings. The van der Waals surface area contributed by atoms with Crippen molar-refractivity contribution in [3.8, 4) is 45.1 Å². The molecule has 0 spiro atoms. The highest BCUT2D eigenvalue weighted by Crippen LogP contribution is 2.48. The predicted octanol–water partition coefficient (Wildman–Crippen LogP) is 17.6. The average molecular weight is 1130 g/mol. The molecule has 10 aromatic carbocycles. The molecule has 87 heavy (non-hydrogen) atoms. The predicted molar refractivity (Wildman–Crippen MR) is 375 cm³/mol. The summed E-state index contributed by atoms with van der Waals surface area (Å²) in [6.07, 6.45) is 10.2. The second-order valence-electron chi connectivity index (χ2n) is 27.4. The number of fused-ring (bicyclic) bond motifs is 14. The topological polar surface area (TPSA) is 22.3 Å². The Labute approximate surface area is 515 Å². The fourth-order valence-corrected chi connectivity index (χ4v) is 16.4. The van der Waals surface area contributed by atoms with Crippen molar-refractivity contribution in [3.05, 3.63) is 208 Å². The molecule has 0 amide bonds. The Morgan fingerprint density at radius 1 is 0.414 bits per heavy atom. The van der Waals surface area contributed by atoms with Crippen LogP contribution < -0.4 is 42.4 Å². The molecule has 0 atom stereocenters. The van der Waals surface area contributed by atoms with Crippen LogP contribution in [-0.2, 0) is 24.7 Å². The van der Waals surface area contributed by atoms with Gasteiger partial charge in [0.25, 0.3) is 13.4 Å². The summed E-state index contributed by atoms with van der Waals surface area (Å²) < 4.78 is 13.1. The Morgan fingerprint density at radius 3 is 1.49 bits per heavy atom. The first-order valence-electron chi connectivity index (χ1n) is 32.6. The largest absolute Gasteiger partial charge is 0.458 e. The van der Waals surface area contributed by atoms with Gasteiger partial charge in [-0.3, -0.25) is 0 Å². The third kappa shape index (κ3) is 8.11.